The standard InChI is InChI=1S/C41H29ClN6O4/c42-37-33(47-41(52)27-13-17-31(18-14-27)44-24-29-6-2-4-8-36(29)50)21-22-34-38(37)48-39(46-34)25-9-19-32(20-10-25)45-40(51)26-11-15-30(16-12-26)43-23-28-5-1-3-7-35(28)49/h1-24,43-44H,(H,45,51)(H,46,48)(H,47,52). The van der Waals surface area contributed by atoms with Gasteiger partial charge in [-0.2, -0.15) is 0 Å². The van der Waals surface area contributed by atoms with Crippen LogP contribution in [0.2, 0.25) is 5.02 Å². The third kappa shape index (κ3) is 7.57. The Hall–Kier alpha value is -7.04. The number of anilines is 4. The van der Waals surface area contributed by atoms with Crippen molar-refractivity contribution in [2.24, 2.45) is 0 Å². The molecular weight excluding hydrogens is 676 g/mol. The zero-order valence-corrected chi connectivity index (χ0v) is 28.1. The minimum Gasteiger partial charge on any atom is -0.361 e. The van der Waals surface area contributed by atoms with E-state index in [4.69, 9.17) is 11.6 Å². The third-order valence-electron chi connectivity index (χ3n) is 8.18. The number of carbonyl (C=O) groups is 4. The number of H-pyrrole nitrogens is 1. The van der Waals surface area contributed by atoms with Gasteiger partial charge in [0.15, 0.2) is 11.6 Å². The molecule has 7 rings (SSSR count). The molecule has 0 bridgehead atoms. The lowest BCUT2D eigenvalue weighted by molar-refractivity contribution is -0.111. The highest BCUT2D eigenvalue weighted by Gasteiger charge is 2.15. The first-order valence-electron chi connectivity index (χ1n) is 16.1. The molecule has 2 aliphatic carbocycles. The Kier molecular flexibility index (Phi) is 9.54. The van der Waals surface area contributed by atoms with Crippen molar-refractivity contribution in [3.63, 3.8) is 0 Å². The van der Waals surface area contributed by atoms with Gasteiger partial charge in [0.25, 0.3) is 11.8 Å². The van der Waals surface area contributed by atoms with Gasteiger partial charge in [0, 0.05) is 57.3 Å². The number of carbonyl (C=O) groups excluding carboxylic acids is 4. The molecule has 0 saturated heterocycles. The first kappa shape index (κ1) is 33.5. The van der Waals surface area contributed by atoms with Crippen LogP contribution < -0.4 is 21.3 Å². The van der Waals surface area contributed by atoms with Crippen LogP contribution in [-0.2, 0) is 9.59 Å². The monoisotopic (exact) mass is 704 g/mol. The van der Waals surface area contributed by atoms with Gasteiger partial charge in [-0.05, 0) is 109 Å². The number of fused-ring (bicyclic) bond motifs is 1. The number of aromatic amines is 1. The molecule has 11 heteroatoms. The second kappa shape index (κ2) is 14.8. The molecule has 0 unspecified atom stereocenters. The fourth-order valence-electron chi connectivity index (χ4n) is 5.34. The molecular formula is C41H29ClN6O4. The highest BCUT2D eigenvalue weighted by Crippen LogP contribution is 2.32. The number of rotatable bonds is 9. The number of nitrogens with one attached hydrogen (secondary N) is 5. The van der Waals surface area contributed by atoms with Gasteiger partial charge in [-0.25, -0.2) is 4.98 Å². The predicted octanol–water partition coefficient (Wildman–Crippen LogP) is 8.37. The fourth-order valence-corrected chi connectivity index (χ4v) is 5.60. The first-order chi connectivity index (χ1) is 25.3. The van der Waals surface area contributed by atoms with Crippen LogP contribution in [0.25, 0.3) is 22.4 Å². The summed E-state index contributed by atoms with van der Waals surface area (Å²) in [7, 11) is 0. The van der Waals surface area contributed by atoms with Gasteiger partial charge in [-0.3, -0.25) is 19.2 Å². The van der Waals surface area contributed by atoms with Crippen molar-refractivity contribution in [3.8, 4) is 11.4 Å². The van der Waals surface area contributed by atoms with Gasteiger partial charge >= 0.3 is 0 Å². The Morgan fingerprint density at radius 1 is 0.596 bits per heavy atom. The second-order valence-electron chi connectivity index (χ2n) is 11.7. The molecule has 0 saturated carbocycles. The summed E-state index contributed by atoms with van der Waals surface area (Å²) in [6.07, 6.45) is 16.7. The summed E-state index contributed by atoms with van der Waals surface area (Å²) in [5.74, 6) is -0.214. The van der Waals surface area contributed by atoms with Crippen molar-refractivity contribution in [2.45, 2.75) is 0 Å². The Morgan fingerprint density at radius 3 is 1.63 bits per heavy atom. The van der Waals surface area contributed by atoms with Crippen molar-refractivity contribution in [3.05, 3.63) is 173 Å². The molecule has 2 amide bonds. The molecule has 0 atom stereocenters. The summed E-state index contributed by atoms with van der Waals surface area (Å²) in [4.78, 5) is 57.7. The van der Waals surface area contributed by atoms with Crippen molar-refractivity contribution < 1.29 is 19.2 Å². The number of aromatic nitrogens is 2. The van der Waals surface area contributed by atoms with Crippen LogP contribution in [-0.4, -0.2) is 33.3 Å². The van der Waals surface area contributed by atoms with Crippen molar-refractivity contribution in [1.82, 2.24) is 9.97 Å². The summed E-state index contributed by atoms with van der Waals surface area (Å²) in [5.41, 5.74) is 6.40. The maximum atomic E-state index is 13.1. The number of nitrogens with zero attached hydrogens (tertiary/aromatic N) is 1. The van der Waals surface area contributed by atoms with E-state index in [9.17, 15) is 19.2 Å². The highest BCUT2D eigenvalue weighted by atomic mass is 35.5. The smallest absolute Gasteiger partial charge is 0.255 e. The topological polar surface area (TPSA) is 145 Å². The molecule has 1 aromatic heterocycles. The molecule has 1 heterocycles. The molecule has 0 fully saturated rings. The van der Waals surface area contributed by atoms with E-state index >= 15 is 0 Å². The van der Waals surface area contributed by atoms with E-state index in [0.29, 0.717) is 50.5 Å². The number of imidazole rings is 1. The quantitative estimate of drug-likeness (QED) is 0.0970. The van der Waals surface area contributed by atoms with Crippen molar-refractivity contribution in [1.29, 1.82) is 0 Å². The molecule has 5 N–H and O–H groups in total. The first-order valence-corrected chi connectivity index (χ1v) is 16.5. The summed E-state index contributed by atoms with van der Waals surface area (Å²) in [5, 5.41) is 12.2. The lowest BCUT2D eigenvalue weighted by Crippen LogP contribution is -2.12. The summed E-state index contributed by atoms with van der Waals surface area (Å²) in [6.45, 7) is 0. The van der Waals surface area contributed by atoms with E-state index in [1.54, 1.807) is 122 Å². The molecule has 10 nitrogen and oxygen atoms in total. The maximum absolute atomic E-state index is 13.1. The zero-order chi connectivity index (χ0) is 36.0. The summed E-state index contributed by atoms with van der Waals surface area (Å²) >= 11 is 6.71. The number of benzene rings is 4. The molecule has 52 heavy (non-hydrogen) atoms. The van der Waals surface area contributed by atoms with Crippen LogP contribution in [0.4, 0.5) is 22.7 Å². The molecule has 0 spiro atoms. The fraction of sp³-hybridized carbons (Fsp3) is 0. The minimum atomic E-state index is -0.344. The largest absolute Gasteiger partial charge is 0.361 e. The average molecular weight is 705 g/mol. The lowest BCUT2D eigenvalue weighted by Gasteiger charge is -2.09. The second-order valence-corrected chi connectivity index (χ2v) is 12.1. The molecule has 0 radical (unpaired) electrons. The number of allylic oxidation sites excluding steroid dienone is 10. The van der Waals surface area contributed by atoms with Crippen LogP contribution in [0.5, 0.6) is 0 Å². The predicted molar refractivity (Wildman–Crippen MR) is 205 cm³/mol. The highest BCUT2D eigenvalue weighted by molar-refractivity contribution is 6.38. The van der Waals surface area contributed by atoms with Crippen LogP contribution >= 0.6 is 11.6 Å². The third-order valence-corrected chi connectivity index (χ3v) is 8.56. The van der Waals surface area contributed by atoms with Crippen molar-refractivity contribution >= 4 is 68.8 Å². The Labute approximate surface area is 303 Å². The molecule has 0 aliphatic heterocycles. The van der Waals surface area contributed by atoms with E-state index in [1.807, 2.05) is 12.1 Å². The van der Waals surface area contributed by atoms with Crippen LogP contribution in [0.15, 0.2) is 157 Å². The number of hydrogen-bond acceptors (Lipinski definition) is 7. The van der Waals surface area contributed by atoms with E-state index in [-0.39, 0.29) is 28.4 Å². The van der Waals surface area contributed by atoms with Gasteiger partial charge in [0.05, 0.1) is 16.2 Å². The Balaban J connectivity index is 0.965. The SMILES string of the molecule is O=C1C=CC=CC1=CNc1ccc(C(=O)Nc2ccc(-c3nc4c(Cl)c(NC(=O)c5ccc(NC=C6C=CC=CC6=O)cc5)ccc4[nH]3)cc2)cc1. The molecule has 254 valence electrons. The number of hydrogen-bond donors (Lipinski definition) is 5. The zero-order valence-electron chi connectivity index (χ0n) is 27.3. The van der Waals surface area contributed by atoms with Crippen LogP contribution in [0, 0.1) is 0 Å². The molecule has 2 aliphatic rings. The van der Waals surface area contributed by atoms with Crippen LogP contribution in [0.1, 0.15) is 20.7 Å². The number of ketones is 2. The number of amides is 2. The van der Waals surface area contributed by atoms with E-state index in [2.05, 4.69) is 31.2 Å². The van der Waals surface area contributed by atoms with Crippen molar-refractivity contribution in [2.75, 3.05) is 21.3 Å². The van der Waals surface area contributed by atoms with E-state index < -0.39 is 0 Å². The normalized spacial score (nSPS) is 15.0. The van der Waals surface area contributed by atoms with E-state index in [0.717, 1.165) is 16.9 Å². The molecule has 4 aromatic carbocycles. The maximum Gasteiger partial charge on any atom is 0.255 e. The van der Waals surface area contributed by atoms with Gasteiger partial charge in [-0.15, -0.1) is 0 Å². The summed E-state index contributed by atoms with van der Waals surface area (Å²) < 4.78 is 0. The Bertz CT molecular complexity index is 2420. The van der Waals surface area contributed by atoms with Gasteiger partial charge in [0.2, 0.25) is 0 Å². The Morgan fingerprint density at radius 2 is 1.10 bits per heavy atom. The van der Waals surface area contributed by atoms with Crippen LogP contribution in [0.3, 0.4) is 0 Å². The van der Waals surface area contributed by atoms with Gasteiger partial charge < -0.3 is 26.3 Å². The summed E-state index contributed by atoms with van der Waals surface area (Å²) in [6, 6.07) is 24.5. The van der Waals surface area contributed by atoms with Gasteiger partial charge in [-0.1, -0.05) is 35.9 Å². The lowest BCUT2D eigenvalue weighted by atomic mass is 10.1. The minimum absolute atomic E-state index is 0.0782. The van der Waals surface area contributed by atoms with E-state index in [1.165, 1.54) is 12.2 Å². The molecule has 5 aromatic rings. The van der Waals surface area contributed by atoms with Gasteiger partial charge in [0.1, 0.15) is 11.3 Å². The number of halogens is 1. The average Bonchev–Trinajstić information content (AvgIpc) is 3.61.